The van der Waals surface area contributed by atoms with E-state index in [0.29, 0.717) is 6.54 Å². The number of aromatic hydroxyl groups is 1. The molecular formula is C11H12N2O2. The van der Waals surface area contributed by atoms with Crippen LogP contribution < -0.4 is 5.69 Å². The number of benzene rings is 1. The van der Waals surface area contributed by atoms with Crippen molar-refractivity contribution in [1.82, 2.24) is 9.13 Å². The molecule has 0 radical (unpaired) electrons. The second-order valence-electron chi connectivity index (χ2n) is 3.25. The van der Waals surface area contributed by atoms with E-state index in [0.717, 1.165) is 5.69 Å². The first-order chi connectivity index (χ1) is 7.22. The number of rotatable bonds is 2. The average molecular weight is 204 g/mol. The Morgan fingerprint density at radius 3 is 2.40 bits per heavy atom. The van der Waals surface area contributed by atoms with Crippen molar-refractivity contribution in [1.29, 1.82) is 0 Å². The molecule has 1 N–H and O–H groups in total. The number of phenolic OH excluding ortho intramolecular Hbond substituents is 1. The summed E-state index contributed by atoms with van der Waals surface area (Å²) in [4.78, 5) is 11.7. The fraction of sp³-hybridized carbons (Fsp3) is 0.182. The van der Waals surface area contributed by atoms with E-state index in [1.54, 1.807) is 45.8 Å². The normalized spacial score (nSPS) is 10.5. The topological polar surface area (TPSA) is 47.2 Å². The van der Waals surface area contributed by atoms with Crippen molar-refractivity contribution >= 4 is 0 Å². The molecule has 0 aliphatic rings. The third-order valence-electron chi connectivity index (χ3n) is 2.32. The van der Waals surface area contributed by atoms with Gasteiger partial charge in [0.25, 0.3) is 0 Å². The summed E-state index contributed by atoms with van der Waals surface area (Å²) in [5.41, 5.74) is 0.688. The molecule has 2 rings (SSSR count). The van der Waals surface area contributed by atoms with E-state index < -0.39 is 0 Å². The predicted octanol–water partition coefficient (Wildman–Crippen LogP) is 1.36. The quantitative estimate of drug-likeness (QED) is 0.803. The molecule has 4 heteroatoms. The van der Waals surface area contributed by atoms with Crippen LogP contribution in [0.15, 0.2) is 41.5 Å². The van der Waals surface area contributed by atoms with Gasteiger partial charge in [-0.1, -0.05) is 0 Å². The summed E-state index contributed by atoms with van der Waals surface area (Å²) in [6.45, 7) is 2.58. The Morgan fingerprint density at radius 2 is 1.87 bits per heavy atom. The molecule has 0 atom stereocenters. The highest BCUT2D eigenvalue weighted by atomic mass is 16.3. The molecule has 0 aliphatic heterocycles. The molecule has 2 aromatic rings. The number of imidazole rings is 1. The maximum Gasteiger partial charge on any atom is 0.332 e. The highest BCUT2D eigenvalue weighted by molar-refractivity contribution is 5.36. The third-order valence-corrected chi connectivity index (χ3v) is 2.32. The summed E-state index contributed by atoms with van der Waals surface area (Å²) in [6.07, 6.45) is 3.47. The zero-order valence-electron chi connectivity index (χ0n) is 8.42. The highest BCUT2D eigenvalue weighted by Crippen LogP contribution is 2.11. The molecule has 1 aromatic heterocycles. The number of aromatic nitrogens is 2. The summed E-state index contributed by atoms with van der Waals surface area (Å²) in [5, 5.41) is 9.13. The van der Waals surface area contributed by atoms with Crippen LogP contribution in [0.3, 0.4) is 0 Å². The maximum absolute atomic E-state index is 11.7. The Kier molecular flexibility index (Phi) is 2.33. The summed E-state index contributed by atoms with van der Waals surface area (Å²) < 4.78 is 3.16. The lowest BCUT2D eigenvalue weighted by atomic mass is 10.3. The third kappa shape index (κ3) is 1.66. The van der Waals surface area contributed by atoms with Crippen LogP contribution in [-0.2, 0) is 6.54 Å². The van der Waals surface area contributed by atoms with Crippen LogP contribution in [0.4, 0.5) is 0 Å². The highest BCUT2D eigenvalue weighted by Gasteiger charge is 2.03. The van der Waals surface area contributed by atoms with Crippen molar-refractivity contribution in [3.63, 3.8) is 0 Å². The average Bonchev–Trinajstić information content (AvgIpc) is 2.61. The summed E-state index contributed by atoms with van der Waals surface area (Å²) in [6, 6.07) is 6.53. The summed E-state index contributed by atoms with van der Waals surface area (Å²) in [7, 11) is 0. The Labute approximate surface area is 87.0 Å². The van der Waals surface area contributed by atoms with Crippen molar-refractivity contribution in [2.24, 2.45) is 0 Å². The molecule has 15 heavy (non-hydrogen) atoms. The lowest BCUT2D eigenvalue weighted by molar-refractivity contribution is 0.475. The van der Waals surface area contributed by atoms with Crippen LogP contribution in [0.1, 0.15) is 6.92 Å². The fourth-order valence-corrected chi connectivity index (χ4v) is 1.46. The minimum Gasteiger partial charge on any atom is -0.508 e. The van der Waals surface area contributed by atoms with Gasteiger partial charge in [-0.15, -0.1) is 0 Å². The van der Waals surface area contributed by atoms with Crippen LogP contribution in [0, 0.1) is 0 Å². The SMILES string of the molecule is CCn1ccn(-c2ccc(O)cc2)c1=O. The van der Waals surface area contributed by atoms with Gasteiger partial charge < -0.3 is 5.11 Å². The molecule has 1 heterocycles. The van der Waals surface area contributed by atoms with Crippen molar-refractivity contribution in [3.8, 4) is 11.4 Å². The van der Waals surface area contributed by atoms with E-state index in [-0.39, 0.29) is 11.4 Å². The Hall–Kier alpha value is -1.97. The molecule has 4 nitrogen and oxygen atoms in total. The van der Waals surface area contributed by atoms with Gasteiger partial charge in [-0.25, -0.2) is 4.79 Å². The van der Waals surface area contributed by atoms with E-state index in [1.807, 2.05) is 6.92 Å². The maximum atomic E-state index is 11.7. The summed E-state index contributed by atoms with van der Waals surface area (Å²) >= 11 is 0. The van der Waals surface area contributed by atoms with Gasteiger partial charge in [0.1, 0.15) is 5.75 Å². The molecule has 0 saturated carbocycles. The van der Waals surface area contributed by atoms with Gasteiger partial charge in [0.2, 0.25) is 0 Å². The second kappa shape index (κ2) is 3.65. The molecule has 0 unspecified atom stereocenters. The lowest BCUT2D eigenvalue weighted by Gasteiger charge is -2.00. The minimum absolute atomic E-state index is 0.0665. The molecule has 0 spiro atoms. The van der Waals surface area contributed by atoms with Crippen LogP contribution in [0.2, 0.25) is 0 Å². The smallest absolute Gasteiger partial charge is 0.332 e. The van der Waals surface area contributed by atoms with E-state index >= 15 is 0 Å². The van der Waals surface area contributed by atoms with Gasteiger partial charge in [-0.3, -0.25) is 9.13 Å². The molecule has 0 amide bonds. The standard InChI is InChI=1S/C11H12N2O2/c1-2-12-7-8-13(11(12)15)9-3-5-10(14)6-4-9/h3-8,14H,2H2,1H3. The van der Waals surface area contributed by atoms with Crippen molar-refractivity contribution in [2.75, 3.05) is 0 Å². The van der Waals surface area contributed by atoms with Crippen LogP contribution in [-0.4, -0.2) is 14.2 Å². The van der Waals surface area contributed by atoms with Crippen LogP contribution in [0.5, 0.6) is 5.75 Å². The second-order valence-corrected chi connectivity index (χ2v) is 3.25. The van der Waals surface area contributed by atoms with Crippen molar-refractivity contribution in [3.05, 3.63) is 47.1 Å². The van der Waals surface area contributed by atoms with Gasteiger partial charge in [0.15, 0.2) is 0 Å². The monoisotopic (exact) mass is 204 g/mol. The van der Waals surface area contributed by atoms with E-state index in [2.05, 4.69) is 0 Å². The molecular weight excluding hydrogens is 192 g/mol. The molecule has 0 saturated heterocycles. The van der Waals surface area contributed by atoms with Crippen molar-refractivity contribution < 1.29 is 5.11 Å². The van der Waals surface area contributed by atoms with Crippen molar-refractivity contribution in [2.45, 2.75) is 13.5 Å². The van der Waals surface area contributed by atoms with Crippen LogP contribution >= 0.6 is 0 Å². The first-order valence-electron chi connectivity index (χ1n) is 4.79. The minimum atomic E-state index is -0.0665. The largest absolute Gasteiger partial charge is 0.508 e. The molecule has 0 aliphatic carbocycles. The number of hydrogen-bond donors (Lipinski definition) is 1. The van der Waals surface area contributed by atoms with Gasteiger partial charge in [-0.05, 0) is 31.2 Å². The number of hydrogen-bond acceptors (Lipinski definition) is 2. The Bertz CT molecular complexity index is 508. The first kappa shape index (κ1) is 9.58. The first-order valence-corrected chi connectivity index (χ1v) is 4.79. The van der Waals surface area contributed by atoms with Gasteiger partial charge in [0, 0.05) is 18.9 Å². The summed E-state index contributed by atoms with van der Waals surface area (Å²) in [5.74, 6) is 0.196. The number of nitrogens with zero attached hydrogens (tertiary/aromatic N) is 2. The van der Waals surface area contributed by atoms with Gasteiger partial charge in [-0.2, -0.15) is 0 Å². The van der Waals surface area contributed by atoms with E-state index in [4.69, 9.17) is 5.11 Å². The predicted molar refractivity (Wildman–Crippen MR) is 57.4 cm³/mol. The molecule has 0 fully saturated rings. The Balaban J connectivity index is 2.50. The van der Waals surface area contributed by atoms with Crippen LogP contribution in [0.25, 0.3) is 5.69 Å². The number of phenols is 1. The molecule has 0 bridgehead atoms. The molecule has 78 valence electrons. The van der Waals surface area contributed by atoms with E-state index in [1.165, 1.54) is 0 Å². The zero-order chi connectivity index (χ0) is 10.8. The number of aryl methyl sites for hydroxylation is 1. The van der Waals surface area contributed by atoms with E-state index in [9.17, 15) is 4.79 Å². The fourth-order valence-electron chi connectivity index (χ4n) is 1.46. The van der Waals surface area contributed by atoms with Gasteiger partial charge in [0.05, 0.1) is 5.69 Å². The molecule has 1 aromatic carbocycles. The lowest BCUT2D eigenvalue weighted by Crippen LogP contribution is -2.22. The zero-order valence-corrected chi connectivity index (χ0v) is 8.42. The Morgan fingerprint density at radius 1 is 1.20 bits per heavy atom. The van der Waals surface area contributed by atoms with Gasteiger partial charge >= 0.3 is 5.69 Å².